The van der Waals surface area contributed by atoms with Crippen LogP contribution >= 0.6 is 0 Å². The summed E-state index contributed by atoms with van der Waals surface area (Å²) < 4.78 is 13.7. The van der Waals surface area contributed by atoms with E-state index in [0.29, 0.717) is 5.82 Å². The van der Waals surface area contributed by atoms with Gasteiger partial charge in [-0.2, -0.15) is 5.21 Å². The molecule has 8 nitrogen and oxygen atoms in total. The van der Waals surface area contributed by atoms with E-state index in [1.54, 1.807) is 0 Å². The molecule has 0 atom stereocenters. The molecule has 0 bridgehead atoms. The molecular weight excluding hydrogens is 281 g/mol. The number of nitrogens with one attached hydrogen (secondary N) is 2. The number of aryl methyl sites for hydroxylation is 2. The SMILES string of the molecule is Cc1cc(NC(=O)CCc2nn[nH]n2)cc(F)c1C(=O)O. The Labute approximate surface area is 118 Å². The van der Waals surface area contributed by atoms with Crippen molar-refractivity contribution < 1.29 is 19.1 Å². The van der Waals surface area contributed by atoms with Crippen molar-refractivity contribution >= 4 is 17.6 Å². The van der Waals surface area contributed by atoms with Crippen LogP contribution in [0.1, 0.15) is 28.2 Å². The molecule has 1 heterocycles. The number of amides is 1. The fourth-order valence-corrected chi connectivity index (χ4v) is 1.82. The molecule has 0 saturated heterocycles. The fourth-order valence-electron chi connectivity index (χ4n) is 1.82. The molecule has 9 heteroatoms. The molecule has 1 aromatic carbocycles. The van der Waals surface area contributed by atoms with Gasteiger partial charge in [0.2, 0.25) is 5.91 Å². The summed E-state index contributed by atoms with van der Waals surface area (Å²) in [5.74, 6) is -2.20. The Balaban J connectivity index is 2.02. The van der Waals surface area contributed by atoms with E-state index in [9.17, 15) is 14.0 Å². The number of anilines is 1. The molecule has 0 aliphatic carbocycles. The Morgan fingerprint density at radius 3 is 2.76 bits per heavy atom. The van der Waals surface area contributed by atoms with Gasteiger partial charge in [0, 0.05) is 18.5 Å². The van der Waals surface area contributed by atoms with Crippen LogP contribution in [0.15, 0.2) is 12.1 Å². The zero-order chi connectivity index (χ0) is 15.4. The highest BCUT2D eigenvalue weighted by Crippen LogP contribution is 2.19. The third kappa shape index (κ3) is 3.59. The highest BCUT2D eigenvalue weighted by molar-refractivity contribution is 5.93. The minimum Gasteiger partial charge on any atom is -0.478 e. The minimum atomic E-state index is -1.35. The number of aromatic nitrogens is 4. The molecule has 21 heavy (non-hydrogen) atoms. The predicted octanol–water partition coefficient (Wildman–Crippen LogP) is 0.917. The summed E-state index contributed by atoms with van der Waals surface area (Å²) in [6, 6.07) is 2.38. The number of tetrazole rings is 1. The molecular formula is C12H12FN5O3. The molecule has 1 aromatic heterocycles. The summed E-state index contributed by atoms with van der Waals surface area (Å²) in [5.41, 5.74) is 0.0314. The number of hydrogen-bond acceptors (Lipinski definition) is 5. The number of hydrogen-bond donors (Lipinski definition) is 3. The molecule has 1 amide bonds. The Hall–Kier alpha value is -2.84. The van der Waals surface area contributed by atoms with Gasteiger partial charge in [-0.1, -0.05) is 5.21 Å². The van der Waals surface area contributed by atoms with E-state index in [1.165, 1.54) is 13.0 Å². The summed E-state index contributed by atoms with van der Waals surface area (Å²) in [6.45, 7) is 1.46. The van der Waals surface area contributed by atoms with Gasteiger partial charge in [-0.05, 0) is 24.6 Å². The first kappa shape index (κ1) is 14.6. The fraction of sp³-hybridized carbons (Fsp3) is 0.250. The van der Waals surface area contributed by atoms with Gasteiger partial charge < -0.3 is 10.4 Å². The van der Waals surface area contributed by atoms with Crippen LogP contribution in [0.25, 0.3) is 0 Å². The second kappa shape index (κ2) is 6.07. The van der Waals surface area contributed by atoms with Crippen LogP contribution in [0.4, 0.5) is 10.1 Å². The van der Waals surface area contributed by atoms with Crippen molar-refractivity contribution in [3.8, 4) is 0 Å². The van der Waals surface area contributed by atoms with Crippen LogP contribution in [0.3, 0.4) is 0 Å². The molecule has 0 aliphatic rings. The van der Waals surface area contributed by atoms with Crippen molar-refractivity contribution in [1.29, 1.82) is 0 Å². The largest absolute Gasteiger partial charge is 0.478 e. The number of aromatic carboxylic acids is 1. The molecule has 0 aliphatic heterocycles. The van der Waals surface area contributed by atoms with Gasteiger partial charge in [-0.3, -0.25) is 4.79 Å². The monoisotopic (exact) mass is 293 g/mol. The topological polar surface area (TPSA) is 121 Å². The molecule has 0 fully saturated rings. The van der Waals surface area contributed by atoms with Crippen molar-refractivity contribution in [2.45, 2.75) is 19.8 Å². The zero-order valence-corrected chi connectivity index (χ0v) is 11.1. The number of aromatic amines is 1. The van der Waals surface area contributed by atoms with E-state index in [-0.39, 0.29) is 30.0 Å². The van der Waals surface area contributed by atoms with Crippen LogP contribution in [0, 0.1) is 12.7 Å². The van der Waals surface area contributed by atoms with Crippen LogP contribution in [0.5, 0.6) is 0 Å². The Morgan fingerprint density at radius 1 is 1.43 bits per heavy atom. The summed E-state index contributed by atoms with van der Waals surface area (Å²) >= 11 is 0. The number of nitrogens with zero attached hydrogens (tertiary/aromatic N) is 3. The van der Waals surface area contributed by atoms with Gasteiger partial charge in [0.1, 0.15) is 5.82 Å². The number of rotatable bonds is 5. The summed E-state index contributed by atoms with van der Waals surface area (Å²) in [6.07, 6.45) is 0.387. The first-order chi connectivity index (χ1) is 9.97. The lowest BCUT2D eigenvalue weighted by Gasteiger charge is -2.08. The van der Waals surface area contributed by atoms with E-state index in [1.807, 2.05) is 0 Å². The van der Waals surface area contributed by atoms with Gasteiger partial charge in [0.05, 0.1) is 5.56 Å². The van der Waals surface area contributed by atoms with Crippen molar-refractivity contribution in [3.63, 3.8) is 0 Å². The lowest BCUT2D eigenvalue weighted by atomic mass is 10.1. The minimum absolute atomic E-state index is 0.0981. The molecule has 2 rings (SSSR count). The molecule has 0 saturated carbocycles. The van der Waals surface area contributed by atoms with Crippen molar-refractivity contribution in [2.24, 2.45) is 0 Å². The number of carboxylic acids is 1. The van der Waals surface area contributed by atoms with E-state index >= 15 is 0 Å². The molecule has 0 radical (unpaired) electrons. The average molecular weight is 293 g/mol. The van der Waals surface area contributed by atoms with Gasteiger partial charge in [0.25, 0.3) is 0 Å². The maximum Gasteiger partial charge on any atom is 0.338 e. The normalized spacial score (nSPS) is 10.4. The number of carbonyl (C=O) groups excluding carboxylic acids is 1. The summed E-state index contributed by atoms with van der Waals surface area (Å²) in [7, 11) is 0. The lowest BCUT2D eigenvalue weighted by Crippen LogP contribution is -2.14. The van der Waals surface area contributed by atoms with Gasteiger partial charge in [-0.15, -0.1) is 10.2 Å². The first-order valence-corrected chi connectivity index (χ1v) is 6.03. The second-order valence-electron chi connectivity index (χ2n) is 4.33. The summed E-state index contributed by atoms with van der Waals surface area (Å²) in [4.78, 5) is 22.6. The maximum absolute atomic E-state index is 13.7. The molecule has 0 spiro atoms. The summed E-state index contributed by atoms with van der Waals surface area (Å²) in [5, 5.41) is 24.4. The van der Waals surface area contributed by atoms with Crippen LogP contribution in [-0.4, -0.2) is 37.6 Å². The van der Waals surface area contributed by atoms with E-state index in [4.69, 9.17) is 5.11 Å². The van der Waals surface area contributed by atoms with Gasteiger partial charge >= 0.3 is 5.97 Å². The van der Waals surface area contributed by atoms with E-state index in [0.717, 1.165) is 6.07 Å². The maximum atomic E-state index is 13.7. The Morgan fingerprint density at radius 2 is 2.19 bits per heavy atom. The van der Waals surface area contributed by atoms with Crippen molar-refractivity contribution in [1.82, 2.24) is 20.6 Å². The Bertz CT molecular complexity index is 649. The third-order valence-corrected chi connectivity index (χ3v) is 2.75. The number of halogens is 1. The zero-order valence-electron chi connectivity index (χ0n) is 11.1. The standard InChI is InChI=1S/C12H12FN5O3/c1-6-4-7(5-8(13)11(6)12(20)21)14-10(19)3-2-9-15-17-18-16-9/h4-5H,2-3H2,1H3,(H,14,19)(H,20,21)(H,15,16,17,18). The number of carbonyl (C=O) groups is 2. The van der Waals surface area contributed by atoms with Crippen molar-refractivity contribution in [3.05, 3.63) is 34.9 Å². The highest BCUT2D eigenvalue weighted by Gasteiger charge is 2.15. The van der Waals surface area contributed by atoms with Gasteiger partial charge in [-0.25, -0.2) is 9.18 Å². The molecule has 0 unspecified atom stereocenters. The quantitative estimate of drug-likeness (QED) is 0.753. The highest BCUT2D eigenvalue weighted by atomic mass is 19.1. The lowest BCUT2D eigenvalue weighted by molar-refractivity contribution is -0.116. The van der Waals surface area contributed by atoms with Gasteiger partial charge in [0.15, 0.2) is 5.82 Å². The smallest absolute Gasteiger partial charge is 0.338 e. The third-order valence-electron chi connectivity index (χ3n) is 2.75. The molecule has 110 valence electrons. The molecule has 3 N–H and O–H groups in total. The van der Waals surface area contributed by atoms with Crippen LogP contribution < -0.4 is 5.32 Å². The average Bonchev–Trinajstić information content (AvgIpc) is 2.88. The number of H-pyrrole nitrogens is 1. The second-order valence-corrected chi connectivity index (χ2v) is 4.33. The molecule has 2 aromatic rings. The van der Waals surface area contributed by atoms with E-state index < -0.39 is 17.3 Å². The van der Waals surface area contributed by atoms with Crippen LogP contribution in [-0.2, 0) is 11.2 Å². The van der Waals surface area contributed by atoms with Crippen LogP contribution in [0.2, 0.25) is 0 Å². The number of carboxylic acid groups (broad SMARTS) is 1. The first-order valence-electron chi connectivity index (χ1n) is 6.03. The van der Waals surface area contributed by atoms with E-state index in [2.05, 4.69) is 25.9 Å². The predicted molar refractivity (Wildman–Crippen MR) is 69.2 cm³/mol. The van der Waals surface area contributed by atoms with Crippen molar-refractivity contribution in [2.75, 3.05) is 5.32 Å². The Kier molecular flexibility index (Phi) is 4.21. The number of benzene rings is 1.